The molecule has 64 heavy (non-hydrogen) atoms. The fourth-order valence-electron chi connectivity index (χ4n) is 6.17. The number of para-hydroxylation sites is 4. The molecule has 17 nitrogen and oxygen atoms in total. The predicted molar refractivity (Wildman–Crippen MR) is 250 cm³/mol. The van der Waals surface area contributed by atoms with Crippen molar-refractivity contribution in [2.45, 2.75) is 9.79 Å². The van der Waals surface area contributed by atoms with Gasteiger partial charge in [0.1, 0.15) is 4.90 Å². The van der Waals surface area contributed by atoms with Gasteiger partial charge in [-0.1, -0.05) is 97.1 Å². The number of hydrogen-bond donors (Lipinski definition) is 7. The summed E-state index contributed by atoms with van der Waals surface area (Å²) in [6.07, 6.45) is 3.90. The third-order valence-electron chi connectivity index (χ3n) is 9.05. The molecule has 0 amide bonds. The van der Waals surface area contributed by atoms with Crippen LogP contribution in [0.4, 0.5) is 69.8 Å². The van der Waals surface area contributed by atoms with E-state index in [-0.39, 0.29) is 57.4 Å². The number of aromatic nitrogens is 6. The van der Waals surface area contributed by atoms with Crippen LogP contribution < -0.4 is 31.9 Å². The largest absolute Gasteiger partial charge is 0.324 e. The Morgan fingerprint density at radius 2 is 0.641 bits per heavy atom. The smallest absolute Gasteiger partial charge is 0.295 e. The van der Waals surface area contributed by atoms with E-state index in [0.29, 0.717) is 5.69 Å². The first-order chi connectivity index (χ1) is 30.9. The van der Waals surface area contributed by atoms with E-state index in [9.17, 15) is 21.4 Å². The highest BCUT2D eigenvalue weighted by Crippen LogP contribution is 2.29. The third kappa shape index (κ3) is 11.4. The molecular weight excluding hydrogens is 853 g/mol. The van der Waals surface area contributed by atoms with Gasteiger partial charge in [-0.15, -0.1) is 0 Å². The van der Waals surface area contributed by atoms with E-state index in [1.165, 1.54) is 30.4 Å². The molecule has 0 spiro atoms. The van der Waals surface area contributed by atoms with Crippen LogP contribution in [0.15, 0.2) is 168 Å². The van der Waals surface area contributed by atoms with Gasteiger partial charge in [0.15, 0.2) is 9.84 Å². The fraction of sp³-hybridized carbons (Fsp3) is 0.0222. The number of rotatable bonds is 16. The molecule has 0 atom stereocenters. The van der Waals surface area contributed by atoms with Crippen molar-refractivity contribution in [2.75, 3.05) is 38.2 Å². The topological polar surface area (TPSA) is 238 Å². The molecule has 320 valence electrons. The molecule has 2 heterocycles. The second kappa shape index (κ2) is 18.8. The fourth-order valence-corrected chi connectivity index (χ4v) is 7.79. The van der Waals surface area contributed by atoms with Gasteiger partial charge in [0.25, 0.3) is 10.1 Å². The van der Waals surface area contributed by atoms with Crippen LogP contribution in [0.3, 0.4) is 0 Å². The minimum Gasteiger partial charge on any atom is -0.324 e. The van der Waals surface area contributed by atoms with Crippen molar-refractivity contribution < 1.29 is 21.4 Å². The highest BCUT2D eigenvalue weighted by atomic mass is 32.2. The summed E-state index contributed by atoms with van der Waals surface area (Å²) >= 11 is 0. The van der Waals surface area contributed by atoms with E-state index in [4.69, 9.17) is 0 Å². The molecule has 0 unspecified atom stereocenters. The minimum absolute atomic E-state index is 0.0625. The maximum Gasteiger partial charge on any atom is 0.295 e. The number of benzene rings is 6. The zero-order chi connectivity index (χ0) is 44.5. The first-order valence-corrected chi connectivity index (χ1v) is 22.7. The van der Waals surface area contributed by atoms with Gasteiger partial charge in [0, 0.05) is 40.4 Å². The lowest BCUT2D eigenvalue weighted by molar-refractivity contribution is 0.483. The Kier molecular flexibility index (Phi) is 12.5. The average Bonchev–Trinajstić information content (AvgIpc) is 3.27. The van der Waals surface area contributed by atoms with Gasteiger partial charge in [-0.25, -0.2) is 8.42 Å². The SMILES string of the molecule is CS(=O)(=O)c1cc(Nc2nc(Nc3ccccc3)nc(Nc3ccccc3)n2)ccc1/C=C/c1ccc(Nc2nc(Nc3ccccc3)nc(Nc3ccccc3)n2)cc1S(=O)(=O)O. The van der Waals surface area contributed by atoms with Crippen molar-refractivity contribution in [3.8, 4) is 0 Å². The Labute approximate surface area is 368 Å². The zero-order valence-electron chi connectivity index (χ0n) is 33.7. The number of sulfone groups is 1. The predicted octanol–water partition coefficient (Wildman–Crippen LogP) is 9.34. The van der Waals surface area contributed by atoms with Crippen molar-refractivity contribution in [1.29, 1.82) is 0 Å². The van der Waals surface area contributed by atoms with Crippen molar-refractivity contribution in [2.24, 2.45) is 0 Å². The molecule has 7 N–H and O–H groups in total. The first-order valence-electron chi connectivity index (χ1n) is 19.4. The summed E-state index contributed by atoms with van der Waals surface area (Å²) in [7, 11) is -8.66. The van der Waals surface area contributed by atoms with Crippen LogP contribution in [0.1, 0.15) is 11.1 Å². The van der Waals surface area contributed by atoms with Crippen LogP contribution in [0.5, 0.6) is 0 Å². The van der Waals surface area contributed by atoms with E-state index in [0.717, 1.165) is 29.0 Å². The van der Waals surface area contributed by atoms with E-state index in [1.807, 2.05) is 121 Å². The molecule has 2 aromatic heterocycles. The van der Waals surface area contributed by atoms with Crippen molar-refractivity contribution in [1.82, 2.24) is 29.9 Å². The van der Waals surface area contributed by atoms with Crippen LogP contribution in [0, 0.1) is 0 Å². The van der Waals surface area contributed by atoms with Crippen LogP contribution in [0.2, 0.25) is 0 Å². The van der Waals surface area contributed by atoms with Gasteiger partial charge in [-0.3, -0.25) is 4.55 Å². The number of hydrogen-bond acceptors (Lipinski definition) is 16. The summed E-state index contributed by atoms with van der Waals surface area (Å²) in [5.41, 5.74) is 3.81. The molecule has 0 radical (unpaired) electrons. The van der Waals surface area contributed by atoms with Gasteiger partial charge in [0.05, 0.1) is 4.90 Å². The summed E-state index contributed by atoms with van der Waals surface area (Å²) < 4.78 is 62.3. The monoisotopic (exact) mass is 890 g/mol. The van der Waals surface area contributed by atoms with Crippen LogP contribution in [-0.2, 0) is 20.0 Å². The van der Waals surface area contributed by atoms with Crippen molar-refractivity contribution >= 4 is 102 Å². The molecule has 0 saturated heterocycles. The summed E-state index contributed by atoms with van der Waals surface area (Å²) in [5.74, 6) is 1.02. The lowest BCUT2D eigenvalue weighted by Crippen LogP contribution is -2.08. The third-order valence-corrected chi connectivity index (χ3v) is 11.1. The average molecular weight is 891 g/mol. The highest BCUT2D eigenvalue weighted by molar-refractivity contribution is 7.90. The van der Waals surface area contributed by atoms with E-state index in [2.05, 4.69) is 61.8 Å². The van der Waals surface area contributed by atoms with Gasteiger partial charge in [0.2, 0.25) is 35.7 Å². The normalized spacial score (nSPS) is 11.5. The van der Waals surface area contributed by atoms with Crippen molar-refractivity contribution in [3.05, 3.63) is 169 Å². The van der Waals surface area contributed by atoms with Gasteiger partial charge in [-0.2, -0.15) is 38.3 Å². The van der Waals surface area contributed by atoms with E-state index in [1.54, 1.807) is 18.2 Å². The first kappa shape index (κ1) is 42.4. The van der Waals surface area contributed by atoms with Gasteiger partial charge < -0.3 is 31.9 Å². The minimum atomic E-state index is -4.80. The van der Waals surface area contributed by atoms with Gasteiger partial charge >= 0.3 is 0 Å². The summed E-state index contributed by atoms with van der Waals surface area (Å²) in [5, 5.41) is 18.7. The summed E-state index contributed by atoms with van der Waals surface area (Å²) in [4.78, 5) is 26.4. The molecular formula is C45H38N12O5S2. The Bertz CT molecular complexity index is 2840. The van der Waals surface area contributed by atoms with E-state index < -0.39 is 24.9 Å². The number of nitrogens with zero attached hydrogens (tertiary/aromatic N) is 6. The summed E-state index contributed by atoms with van der Waals surface area (Å²) in [6.45, 7) is 0. The zero-order valence-corrected chi connectivity index (χ0v) is 35.4. The highest BCUT2D eigenvalue weighted by Gasteiger charge is 2.19. The van der Waals surface area contributed by atoms with Crippen LogP contribution in [0.25, 0.3) is 12.2 Å². The van der Waals surface area contributed by atoms with Gasteiger partial charge in [-0.05, 0) is 83.9 Å². The molecule has 19 heteroatoms. The molecule has 0 aliphatic carbocycles. The second-order valence-electron chi connectivity index (χ2n) is 13.9. The van der Waals surface area contributed by atoms with Crippen molar-refractivity contribution in [3.63, 3.8) is 0 Å². The second-order valence-corrected chi connectivity index (χ2v) is 17.3. The molecule has 6 aromatic carbocycles. The number of anilines is 12. The molecule has 8 aromatic rings. The Morgan fingerprint density at radius 1 is 0.375 bits per heavy atom. The van der Waals surface area contributed by atoms with E-state index >= 15 is 0 Å². The van der Waals surface area contributed by atoms with Crippen LogP contribution in [-0.4, -0.2) is 57.5 Å². The Hall–Kier alpha value is -8.26. The Balaban J connectivity index is 1.07. The lowest BCUT2D eigenvalue weighted by atomic mass is 10.1. The molecule has 0 aliphatic heterocycles. The standard InChI is InChI=1S/C45H38N12O5S2/c1-63(58,59)38-28-36(50-44-54-40(46-32-14-6-2-7-15-32)52-41(55-44)47-33-16-8-3-9-17-33)26-24-30(38)22-23-31-25-27-37(29-39(31)64(60,61)62)51-45-56-42(48-34-18-10-4-11-19-34)53-43(57-45)49-35-20-12-5-13-21-35/h2-29H,1H3,(H,60,61,62)(H3,46,47,50,52,54,55)(H3,48,49,51,53,56,57)/b23-22+. The molecule has 8 rings (SSSR count). The number of nitrogens with one attached hydrogen (secondary N) is 6. The maximum absolute atomic E-state index is 13.2. The van der Waals surface area contributed by atoms with Crippen LogP contribution >= 0.6 is 0 Å². The molecule has 0 fully saturated rings. The Morgan fingerprint density at radius 3 is 0.922 bits per heavy atom. The molecule has 0 bridgehead atoms. The molecule has 0 aliphatic rings. The maximum atomic E-state index is 13.2. The summed E-state index contributed by atoms with van der Waals surface area (Å²) in [6, 6.07) is 46.0. The molecule has 0 saturated carbocycles. The lowest BCUT2D eigenvalue weighted by Gasteiger charge is -2.13. The quantitative estimate of drug-likeness (QED) is 0.0353.